The molecule has 0 amide bonds. The van der Waals surface area contributed by atoms with Crippen LogP contribution in [0.25, 0.3) is 56.6 Å². The lowest BCUT2D eigenvalue weighted by molar-refractivity contribution is 0.542. The summed E-state index contributed by atoms with van der Waals surface area (Å²) in [5.74, 6) is 2.94. The van der Waals surface area contributed by atoms with Gasteiger partial charge >= 0.3 is 0 Å². The highest BCUT2D eigenvalue weighted by atomic mass is 16.4. The van der Waals surface area contributed by atoms with E-state index in [1.807, 2.05) is 50.2 Å². The SMILES string of the molecule is Cc1ccccc1-c1nc(-c2ccc(-c3ccc(-c4nc(-c5ccccc5C)oc4C)cc3)cc2)c(C)o1. The molecule has 6 aromatic rings. The van der Waals surface area contributed by atoms with Crippen LogP contribution in [0.2, 0.25) is 0 Å². The topological polar surface area (TPSA) is 52.1 Å². The lowest BCUT2D eigenvalue weighted by atomic mass is 10.0. The van der Waals surface area contributed by atoms with Crippen LogP contribution in [0.3, 0.4) is 0 Å². The second kappa shape index (κ2) is 9.64. The Kier molecular flexibility index (Phi) is 6.01. The molecule has 0 fully saturated rings. The number of hydrogen-bond acceptors (Lipinski definition) is 4. The third kappa shape index (κ3) is 4.35. The molecule has 4 heteroatoms. The smallest absolute Gasteiger partial charge is 0.227 e. The molecule has 0 saturated heterocycles. The number of aryl methyl sites for hydroxylation is 4. The number of oxazole rings is 2. The van der Waals surface area contributed by atoms with Crippen LogP contribution >= 0.6 is 0 Å². The second-order valence-electron chi connectivity index (χ2n) is 9.63. The van der Waals surface area contributed by atoms with Crippen LogP contribution in [0.15, 0.2) is 106 Å². The lowest BCUT2D eigenvalue weighted by Crippen LogP contribution is -1.86. The molecule has 0 saturated carbocycles. The van der Waals surface area contributed by atoms with Gasteiger partial charge in [0.15, 0.2) is 0 Å². The van der Waals surface area contributed by atoms with Crippen LogP contribution in [-0.2, 0) is 0 Å². The molecule has 0 atom stereocenters. The average molecular weight is 497 g/mol. The van der Waals surface area contributed by atoms with E-state index in [1.54, 1.807) is 0 Å². The van der Waals surface area contributed by atoms with Gasteiger partial charge < -0.3 is 8.83 Å². The van der Waals surface area contributed by atoms with E-state index >= 15 is 0 Å². The Morgan fingerprint density at radius 2 is 0.763 bits per heavy atom. The van der Waals surface area contributed by atoms with E-state index in [1.165, 1.54) is 0 Å². The van der Waals surface area contributed by atoms with Gasteiger partial charge in [0.2, 0.25) is 11.8 Å². The molecule has 4 nitrogen and oxygen atoms in total. The molecule has 0 N–H and O–H groups in total. The van der Waals surface area contributed by atoms with Crippen molar-refractivity contribution < 1.29 is 8.83 Å². The van der Waals surface area contributed by atoms with E-state index < -0.39 is 0 Å². The van der Waals surface area contributed by atoms with Gasteiger partial charge in [0.05, 0.1) is 0 Å². The van der Waals surface area contributed by atoms with E-state index in [2.05, 4.69) is 74.5 Å². The van der Waals surface area contributed by atoms with Crippen molar-refractivity contribution in [3.05, 3.63) is 120 Å². The molecule has 6 rings (SSSR count). The summed E-state index contributed by atoms with van der Waals surface area (Å²) in [6.45, 7) is 8.07. The highest BCUT2D eigenvalue weighted by Crippen LogP contribution is 2.33. The fraction of sp³-hybridized carbons (Fsp3) is 0.118. The monoisotopic (exact) mass is 496 g/mol. The predicted octanol–water partition coefficient (Wildman–Crippen LogP) is 9.23. The lowest BCUT2D eigenvalue weighted by Gasteiger charge is -2.05. The van der Waals surface area contributed by atoms with Gasteiger partial charge in [-0.2, -0.15) is 0 Å². The summed E-state index contributed by atoms with van der Waals surface area (Å²) in [6, 6.07) is 33.2. The number of benzene rings is 4. The molecule has 186 valence electrons. The fourth-order valence-corrected chi connectivity index (χ4v) is 4.83. The van der Waals surface area contributed by atoms with Gasteiger partial charge in [-0.05, 0) is 62.1 Å². The molecule has 38 heavy (non-hydrogen) atoms. The van der Waals surface area contributed by atoms with Crippen LogP contribution in [0.4, 0.5) is 0 Å². The van der Waals surface area contributed by atoms with Crippen molar-refractivity contribution in [1.82, 2.24) is 9.97 Å². The molecule has 0 unspecified atom stereocenters. The number of hydrogen-bond donors (Lipinski definition) is 0. The highest BCUT2D eigenvalue weighted by Gasteiger charge is 2.16. The maximum atomic E-state index is 6.03. The maximum Gasteiger partial charge on any atom is 0.227 e. The molecule has 0 aliphatic heterocycles. The quantitative estimate of drug-likeness (QED) is 0.239. The van der Waals surface area contributed by atoms with Gasteiger partial charge in [-0.1, -0.05) is 84.9 Å². The van der Waals surface area contributed by atoms with Crippen LogP contribution in [0, 0.1) is 27.7 Å². The van der Waals surface area contributed by atoms with Gasteiger partial charge in [0.25, 0.3) is 0 Å². The zero-order valence-electron chi connectivity index (χ0n) is 21.9. The van der Waals surface area contributed by atoms with Crippen molar-refractivity contribution in [2.45, 2.75) is 27.7 Å². The first-order chi connectivity index (χ1) is 18.5. The molecule has 0 bridgehead atoms. The molecule has 2 heterocycles. The zero-order chi connectivity index (χ0) is 26.2. The summed E-state index contributed by atoms with van der Waals surface area (Å²) in [5.41, 5.74) is 10.4. The van der Waals surface area contributed by atoms with Crippen LogP contribution in [0.1, 0.15) is 22.6 Å². The Morgan fingerprint density at radius 3 is 1.13 bits per heavy atom. The van der Waals surface area contributed by atoms with Crippen molar-refractivity contribution in [2.75, 3.05) is 0 Å². The molecule has 0 aliphatic rings. The van der Waals surface area contributed by atoms with Gasteiger partial charge in [-0.3, -0.25) is 0 Å². The van der Waals surface area contributed by atoms with Crippen molar-refractivity contribution in [1.29, 1.82) is 0 Å². The first-order valence-electron chi connectivity index (χ1n) is 12.8. The highest BCUT2D eigenvalue weighted by molar-refractivity contribution is 5.74. The van der Waals surface area contributed by atoms with Crippen molar-refractivity contribution in [3.63, 3.8) is 0 Å². The predicted molar refractivity (Wildman–Crippen MR) is 153 cm³/mol. The first kappa shape index (κ1) is 23.7. The standard InChI is InChI=1S/C34H28N2O2/c1-21-9-5-7-11-29(21)33-35-31(23(3)37-33)27-17-13-25(14-18-27)26-15-19-28(20-16-26)32-24(4)38-34(36-32)30-12-8-6-10-22(30)2/h5-20H,1-4H3. The van der Waals surface area contributed by atoms with Crippen molar-refractivity contribution in [2.24, 2.45) is 0 Å². The zero-order valence-corrected chi connectivity index (χ0v) is 21.9. The first-order valence-corrected chi connectivity index (χ1v) is 12.8. The van der Waals surface area contributed by atoms with E-state index in [9.17, 15) is 0 Å². The largest absolute Gasteiger partial charge is 0.441 e. The van der Waals surface area contributed by atoms with Gasteiger partial charge in [-0.25, -0.2) is 9.97 Å². The van der Waals surface area contributed by atoms with Gasteiger partial charge in [0.1, 0.15) is 22.9 Å². The molecule has 4 aromatic carbocycles. The van der Waals surface area contributed by atoms with E-state index in [-0.39, 0.29) is 0 Å². The van der Waals surface area contributed by atoms with E-state index in [4.69, 9.17) is 18.8 Å². The Bertz CT molecular complexity index is 1610. The Hall–Kier alpha value is -4.70. The van der Waals surface area contributed by atoms with E-state index in [0.717, 1.165) is 67.4 Å². The summed E-state index contributed by atoms with van der Waals surface area (Å²) in [4.78, 5) is 9.63. The number of aromatic nitrogens is 2. The average Bonchev–Trinajstić information content (AvgIpc) is 3.52. The summed E-state index contributed by atoms with van der Waals surface area (Å²) in [5, 5.41) is 0. The molecule has 0 spiro atoms. The fourth-order valence-electron chi connectivity index (χ4n) is 4.83. The summed E-state index contributed by atoms with van der Waals surface area (Å²) < 4.78 is 12.1. The Morgan fingerprint density at radius 1 is 0.421 bits per heavy atom. The minimum Gasteiger partial charge on any atom is -0.441 e. The molecule has 2 aromatic heterocycles. The summed E-state index contributed by atoms with van der Waals surface area (Å²) in [6.07, 6.45) is 0. The van der Waals surface area contributed by atoms with Crippen LogP contribution in [-0.4, -0.2) is 9.97 Å². The van der Waals surface area contributed by atoms with Crippen molar-refractivity contribution in [3.8, 4) is 56.6 Å². The van der Waals surface area contributed by atoms with Crippen LogP contribution in [0.5, 0.6) is 0 Å². The molecule has 0 aliphatic carbocycles. The normalized spacial score (nSPS) is 11.2. The summed E-state index contributed by atoms with van der Waals surface area (Å²) in [7, 11) is 0. The third-order valence-electron chi connectivity index (χ3n) is 6.99. The number of rotatable bonds is 5. The minimum atomic E-state index is 0.656. The third-order valence-corrected chi connectivity index (χ3v) is 6.99. The molecule has 0 radical (unpaired) electrons. The maximum absolute atomic E-state index is 6.03. The van der Waals surface area contributed by atoms with Crippen molar-refractivity contribution >= 4 is 0 Å². The van der Waals surface area contributed by atoms with E-state index in [0.29, 0.717) is 11.8 Å². The molecular formula is C34H28N2O2. The molecular weight excluding hydrogens is 468 g/mol. The summed E-state index contributed by atoms with van der Waals surface area (Å²) >= 11 is 0. The van der Waals surface area contributed by atoms with Crippen LogP contribution < -0.4 is 0 Å². The Labute approximate surface area is 222 Å². The van der Waals surface area contributed by atoms with Gasteiger partial charge in [0, 0.05) is 22.3 Å². The Balaban J connectivity index is 1.24. The second-order valence-corrected chi connectivity index (χ2v) is 9.63. The van der Waals surface area contributed by atoms with Gasteiger partial charge in [-0.15, -0.1) is 0 Å². The number of nitrogens with zero attached hydrogens (tertiary/aromatic N) is 2. The minimum absolute atomic E-state index is 0.656.